The summed E-state index contributed by atoms with van der Waals surface area (Å²) in [5.41, 5.74) is 0.706. The van der Waals surface area contributed by atoms with Crippen molar-refractivity contribution in [1.82, 2.24) is 19.7 Å². The number of carbonyl (C=O) groups is 1. The van der Waals surface area contributed by atoms with E-state index in [9.17, 15) is 14.4 Å². The number of aromatic nitrogens is 3. The van der Waals surface area contributed by atoms with Gasteiger partial charge in [0.25, 0.3) is 11.5 Å². The molecule has 0 bridgehead atoms. The van der Waals surface area contributed by atoms with Gasteiger partial charge in [-0.05, 0) is 38.5 Å². The van der Waals surface area contributed by atoms with Crippen molar-refractivity contribution in [3.8, 4) is 5.69 Å². The largest absolute Gasteiger partial charge is 0.352 e. The lowest BCUT2D eigenvalue weighted by atomic mass is 10.1. The monoisotopic (exact) mass is 378 g/mol. The zero-order valence-electron chi connectivity index (χ0n) is 16.0. The summed E-state index contributed by atoms with van der Waals surface area (Å²) in [6.07, 6.45) is 0. The quantitative estimate of drug-likeness (QED) is 0.735. The fraction of sp³-hybridized carbons (Fsp3) is 0.238. The molecule has 0 unspecified atom stereocenters. The molecule has 7 heteroatoms. The van der Waals surface area contributed by atoms with Gasteiger partial charge in [0, 0.05) is 6.04 Å². The zero-order chi connectivity index (χ0) is 20.3. The smallest absolute Gasteiger partial charge is 0.348 e. The SMILES string of the molecule is Cc1ccc(Cn2c(=O)c(C(=O)NC(C)C)nn(-c3ccccc3)c2=O)cc1. The van der Waals surface area contributed by atoms with E-state index >= 15 is 0 Å². The van der Waals surface area contributed by atoms with Gasteiger partial charge in [-0.3, -0.25) is 14.2 Å². The molecule has 1 N–H and O–H groups in total. The molecule has 0 saturated carbocycles. The number of hydrogen-bond acceptors (Lipinski definition) is 4. The molecule has 1 aromatic heterocycles. The molecular formula is C21H22N4O3. The maximum Gasteiger partial charge on any atom is 0.352 e. The molecule has 0 aliphatic rings. The molecule has 0 aliphatic heterocycles. The van der Waals surface area contributed by atoms with Crippen LogP contribution in [0.25, 0.3) is 5.69 Å². The van der Waals surface area contributed by atoms with Gasteiger partial charge >= 0.3 is 5.69 Å². The maximum atomic E-state index is 13.0. The van der Waals surface area contributed by atoms with Crippen LogP contribution in [0.2, 0.25) is 0 Å². The molecule has 1 heterocycles. The van der Waals surface area contributed by atoms with Crippen LogP contribution in [0.3, 0.4) is 0 Å². The van der Waals surface area contributed by atoms with E-state index in [0.717, 1.165) is 20.4 Å². The Balaban J connectivity index is 2.19. The van der Waals surface area contributed by atoms with E-state index in [4.69, 9.17) is 0 Å². The molecular weight excluding hydrogens is 356 g/mol. The molecule has 0 aliphatic carbocycles. The fourth-order valence-electron chi connectivity index (χ4n) is 2.74. The van der Waals surface area contributed by atoms with Gasteiger partial charge in [0.1, 0.15) is 0 Å². The predicted octanol–water partition coefficient (Wildman–Crippen LogP) is 1.89. The third-order valence-electron chi connectivity index (χ3n) is 4.16. The van der Waals surface area contributed by atoms with Crippen molar-refractivity contribution >= 4 is 5.91 Å². The number of para-hydroxylation sites is 1. The van der Waals surface area contributed by atoms with Crippen molar-refractivity contribution in [2.24, 2.45) is 0 Å². The van der Waals surface area contributed by atoms with Crippen LogP contribution >= 0.6 is 0 Å². The number of amides is 1. The highest BCUT2D eigenvalue weighted by molar-refractivity contribution is 5.91. The molecule has 28 heavy (non-hydrogen) atoms. The summed E-state index contributed by atoms with van der Waals surface area (Å²) in [6, 6.07) is 16.1. The summed E-state index contributed by atoms with van der Waals surface area (Å²) < 4.78 is 2.13. The van der Waals surface area contributed by atoms with Gasteiger partial charge < -0.3 is 5.32 Å². The molecule has 0 saturated heterocycles. The maximum absolute atomic E-state index is 13.0. The first-order valence-corrected chi connectivity index (χ1v) is 9.03. The number of carbonyl (C=O) groups excluding carboxylic acids is 1. The van der Waals surface area contributed by atoms with Crippen LogP contribution < -0.4 is 16.6 Å². The Labute approximate surface area is 162 Å². The van der Waals surface area contributed by atoms with Gasteiger partial charge in [0.05, 0.1) is 12.2 Å². The third kappa shape index (κ3) is 4.09. The van der Waals surface area contributed by atoms with Gasteiger partial charge in [-0.2, -0.15) is 9.78 Å². The molecule has 2 aromatic carbocycles. The van der Waals surface area contributed by atoms with Crippen LogP contribution in [-0.4, -0.2) is 26.3 Å². The molecule has 144 valence electrons. The second kappa shape index (κ2) is 8.04. The Kier molecular flexibility index (Phi) is 5.54. The number of rotatable bonds is 5. The van der Waals surface area contributed by atoms with Gasteiger partial charge in [-0.25, -0.2) is 4.79 Å². The predicted molar refractivity (Wildman–Crippen MR) is 107 cm³/mol. The fourth-order valence-corrected chi connectivity index (χ4v) is 2.74. The van der Waals surface area contributed by atoms with Gasteiger partial charge in [-0.15, -0.1) is 0 Å². The first-order valence-electron chi connectivity index (χ1n) is 9.03. The first-order chi connectivity index (χ1) is 13.4. The van der Waals surface area contributed by atoms with Crippen molar-refractivity contribution < 1.29 is 4.79 Å². The molecule has 0 radical (unpaired) electrons. The lowest BCUT2D eigenvalue weighted by Gasteiger charge is -2.13. The molecule has 0 fully saturated rings. The van der Waals surface area contributed by atoms with Crippen molar-refractivity contribution in [1.29, 1.82) is 0 Å². The van der Waals surface area contributed by atoms with E-state index in [2.05, 4.69) is 10.4 Å². The van der Waals surface area contributed by atoms with Gasteiger partial charge in [-0.1, -0.05) is 48.0 Å². The van der Waals surface area contributed by atoms with Gasteiger partial charge in [0.2, 0.25) is 5.69 Å². The number of aryl methyl sites for hydroxylation is 1. The topological polar surface area (TPSA) is 86.0 Å². The van der Waals surface area contributed by atoms with Crippen molar-refractivity contribution in [3.05, 3.63) is 92.3 Å². The van der Waals surface area contributed by atoms with Crippen molar-refractivity contribution in [2.75, 3.05) is 0 Å². The standard InChI is InChI=1S/C21H22N4O3/c1-14(2)22-19(26)18-20(27)24(13-16-11-9-15(3)10-12-16)21(28)25(23-18)17-7-5-4-6-8-17/h4-12,14H,13H2,1-3H3,(H,22,26). The van der Waals surface area contributed by atoms with E-state index in [1.807, 2.05) is 37.3 Å². The summed E-state index contributed by atoms with van der Waals surface area (Å²) in [7, 11) is 0. The van der Waals surface area contributed by atoms with Crippen LogP contribution in [0, 0.1) is 6.92 Å². The number of nitrogens with zero attached hydrogens (tertiary/aromatic N) is 3. The van der Waals surface area contributed by atoms with E-state index in [1.165, 1.54) is 0 Å². The van der Waals surface area contributed by atoms with E-state index in [1.54, 1.807) is 38.1 Å². The second-order valence-corrected chi connectivity index (χ2v) is 6.88. The Morgan fingerprint density at radius 3 is 2.29 bits per heavy atom. The Morgan fingerprint density at radius 1 is 1.04 bits per heavy atom. The first kappa shape index (κ1) is 19.3. The second-order valence-electron chi connectivity index (χ2n) is 6.88. The summed E-state index contributed by atoms with van der Waals surface area (Å²) in [4.78, 5) is 38.4. The highest BCUT2D eigenvalue weighted by Crippen LogP contribution is 2.05. The van der Waals surface area contributed by atoms with Gasteiger partial charge in [0.15, 0.2) is 0 Å². The van der Waals surface area contributed by atoms with E-state index < -0.39 is 17.2 Å². The van der Waals surface area contributed by atoms with Crippen LogP contribution in [0.5, 0.6) is 0 Å². The summed E-state index contributed by atoms with van der Waals surface area (Å²) in [5.74, 6) is -0.609. The molecule has 0 spiro atoms. The summed E-state index contributed by atoms with van der Waals surface area (Å²) in [5, 5.41) is 6.74. The average molecular weight is 378 g/mol. The molecule has 0 atom stereocenters. The normalized spacial score (nSPS) is 10.9. The Hall–Kier alpha value is -3.48. The number of benzene rings is 2. The minimum Gasteiger partial charge on any atom is -0.348 e. The third-order valence-corrected chi connectivity index (χ3v) is 4.16. The van der Waals surface area contributed by atoms with Crippen molar-refractivity contribution in [3.63, 3.8) is 0 Å². The highest BCUT2D eigenvalue weighted by Gasteiger charge is 2.20. The summed E-state index contributed by atoms with van der Waals surface area (Å²) in [6.45, 7) is 5.58. The van der Waals surface area contributed by atoms with Crippen LogP contribution in [0.1, 0.15) is 35.5 Å². The Bertz CT molecular complexity index is 1100. The number of nitrogens with one attached hydrogen (secondary N) is 1. The van der Waals surface area contributed by atoms with Crippen molar-refractivity contribution in [2.45, 2.75) is 33.4 Å². The van der Waals surface area contributed by atoms with E-state index in [0.29, 0.717) is 5.69 Å². The summed E-state index contributed by atoms with van der Waals surface area (Å²) >= 11 is 0. The lowest BCUT2D eigenvalue weighted by Crippen LogP contribution is -2.46. The minimum absolute atomic E-state index is 0.0509. The highest BCUT2D eigenvalue weighted by atomic mass is 16.2. The lowest BCUT2D eigenvalue weighted by molar-refractivity contribution is 0.0933. The number of hydrogen-bond donors (Lipinski definition) is 1. The molecule has 1 amide bonds. The van der Waals surface area contributed by atoms with Crippen LogP contribution in [0.4, 0.5) is 0 Å². The van der Waals surface area contributed by atoms with E-state index in [-0.39, 0.29) is 18.3 Å². The minimum atomic E-state index is -0.712. The molecule has 7 nitrogen and oxygen atoms in total. The molecule has 3 rings (SSSR count). The van der Waals surface area contributed by atoms with Crippen LogP contribution in [0.15, 0.2) is 64.2 Å². The zero-order valence-corrected chi connectivity index (χ0v) is 16.0. The Morgan fingerprint density at radius 2 is 1.68 bits per heavy atom. The average Bonchev–Trinajstić information content (AvgIpc) is 2.67. The molecule has 3 aromatic rings. The van der Waals surface area contributed by atoms with Crippen LogP contribution in [-0.2, 0) is 6.54 Å².